The number of benzene rings is 2. The largest absolute Gasteiger partial charge is 0.478 e. The summed E-state index contributed by atoms with van der Waals surface area (Å²) in [7, 11) is 0. The predicted molar refractivity (Wildman–Crippen MR) is 91.8 cm³/mol. The van der Waals surface area contributed by atoms with Gasteiger partial charge in [-0.1, -0.05) is 12.1 Å². The van der Waals surface area contributed by atoms with Crippen LogP contribution in [0.4, 0.5) is 17.6 Å². The number of hydrogen-bond donors (Lipinski definition) is 1. The number of carbonyl (C=O) groups is 1. The van der Waals surface area contributed by atoms with Crippen LogP contribution in [-0.2, 0) is 6.18 Å². The zero-order chi connectivity index (χ0) is 19.8. The number of aromatic nitrogens is 1. The van der Waals surface area contributed by atoms with E-state index in [9.17, 15) is 27.5 Å². The molecule has 0 aliphatic heterocycles. The summed E-state index contributed by atoms with van der Waals surface area (Å²) >= 11 is 0. The fourth-order valence-electron chi connectivity index (χ4n) is 2.74. The van der Waals surface area contributed by atoms with Gasteiger partial charge in [0.2, 0.25) is 0 Å². The van der Waals surface area contributed by atoms with Gasteiger partial charge in [-0.2, -0.15) is 13.2 Å². The summed E-state index contributed by atoms with van der Waals surface area (Å²) in [5.74, 6) is -2.43. The fraction of sp³-hybridized carbons (Fsp3) is 0.100. The smallest absolute Gasteiger partial charge is 0.417 e. The number of rotatable bonds is 3. The minimum absolute atomic E-state index is 0.183. The predicted octanol–water partition coefficient (Wildman–Crippen LogP) is 5.58. The van der Waals surface area contributed by atoms with Gasteiger partial charge < -0.3 is 5.11 Å². The van der Waals surface area contributed by atoms with E-state index in [0.717, 1.165) is 29.8 Å². The number of aryl methyl sites for hydroxylation is 1. The average Bonchev–Trinajstić information content (AvgIpc) is 2.61. The first-order valence-electron chi connectivity index (χ1n) is 7.84. The molecule has 1 N–H and O–H groups in total. The van der Waals surface area contributed by atoms with Crippen LogP contribution in [0.3, 0.4) is 0 Å². The third-order valence-corrected chi connectivity index (χ3v) is 3.99. The van der Waals surface area contributed by atoms with Crippen LogP contribution in [0.25, 0.3) is 22.4 Å². The summed E-state index contributed by atoms with van der Waals surface area (Å²) in [6, 6.07) is 9.59. The van der Waals surface area contributed by atoms with E-state index in [-0.39, 0.29) is 16.7 Å². The maximum atomic E-state index is 14.3. The van der Waals surface area contributed by atoms with E-state index in [1.165, 1.54) is 12.1 Å². The Bertz CT molecular complexity index is 1010. The van der Waals surface area contributed by atoms with Crippen LogP contribution in [0, 0.1) is 12.7 Å². The zero-order valence-electron chi connectivity index (χ0n) is 14.0. The van der Waals surface area contributed by atoms with Crippen LogP contribution in [0.1, 0.15) is 21.5 Å². The molecule has 0 bridgehead atoms. The molecule has 27 heavy (non-hydrogen) atoms. The number of halogens is 4. The molecule has 0 atom stereocenters. The van der Waals surface area contributed by atoms with Crippen molar-refractivity contribution in [2.24, 2.45) is 0 Å². The number of carboxylic acid groups (broad SMARTS) is 1. The van der Waals surface area contributed by atoms with E-state index >= 15 is 0 Å². The molecule has 0 aliphatic carbocycles. The van der Waals surface area contributed by atoms with Gasteiger partial charge in [-0.3, -0.25) is 4.98 Å². The van der Waals surface area contributed by atoms with Crippen LogP contribution < -0.4 is 0 Å². The quantitative estimate of drug-likeness (QED) is 0.608. The Morgan fingerprint density at radius 3 is 2.33 bits per heavy atom. The lowest BCUT2D eigenvalue weighted by Gasteiger charge is -2.15. The Morgan fingerprint density at radius 2 is 1.74 bits per heavy atom. The molecule has 2 aromatic carbocycles. The van der Waals surface area contributed by atoms with Crippen molar-refractivity contribution in [3.8, 4) is 22.4 Å². The summed E-state index contributed by atoms with van der Waals surface area (Å²) in [6.07, 6.45) is -3.24. The fourth-order valence-corrected chi connectivity index (χ4v) is 2.74. The molecule has 0 fully saturated rings. The van der Waals surface area contributed by atoms with Crippen molar-refractivity contribution in [2.45, 2.75) is 13.1 Å². The maximum Gasteiger partial charge on any atom is 0.417 e. The van der Waals surface area contributed by atoms with Crippen molar-refractivity contribution in [2.75, 3.05) is 0 Å². The van der Waals surface area contributed by atoms with E-state index < -0.39 is 29.1 Å². The highest BCUT2D eigenvalue weighted by molar-refractivity contribution is 5.92. The Balaban J connectivity index is 2.29. The first-order chi connectivity index (χ1) is 12.7. The van der Waals surface area contributed by atoms with Crippen molar-refractivity contribution in [3.63, 3.8) is 0 Å². The van der Waals surface area contributed by atoms with Gasteiger partial charge in [-0.25, -0.2) is 9.18 Å². The van der Waals surface area contributed by atoms with Gasteiger partial charge in [-0.15, -0.1) is 0 Å². The molecule has 0 spiro atoms. The molecule has 7 heteroatoms. The molecule has 138 valence electrons. The van der Waals surface area contributed by atoms with Gasteiger partial charge in [0.1, 0.15) is 5.82 Å². The second-order valence-electron chi connectivity index (χ2n) is 5.99. The summed E-state index contributed by atoms with van der Waals surface area (Å²) in [5, 5.41) is 9.33. The van der Waals surface area contributed by atoms with E-state index in [2.05, 4.69) is 4.98 Å². The minimum atomic E-state index is -4.79. The highest BCUT2D eigenvalue weighted by Gasteiger charge is 2.35. The topological polar surface area (TPSA) is 50.2 Å². The zero-order valence-corrected chi connectivity index (χ0v) is 14.0. The van der Waals surface area contributed by atoms with Crippen molar-refractivity contribution < 1.29 is 27.5 Å². The average molecular weight is 375 g/mol. The van der Waals surface area contributed by atoms with E-state index in [0.29, 0.717) is 5.69 Å². The third-order valence-electron chi connectivity index (χ3n) is 3.99. The monoisotopic (exact) mass is 375 g/mol. The number of hydrogen-bond acceptors (Lipinski definition) is 2. The summed E-state index contributed by atoms with van der Waals surface area (Å²) in [4.78, 5) is 15.6. The molecule has 3 aromatic rings. The normalized spacial score (nSPS) is 11.4. The third kappa shape index (κ3) is 3.81. The van der Waals surface area contributed by atoms with E-state index in [1.807, 2.05) is 6.92 Å². The number of carboxylic acids is 1. The minimum Gasteiger partial charge on any atom is -0.478 e. The first-order valence-corrected chi connectivity index (χ1v) is 7.84. The first kappa shape index (κ1) is 18.6. The standard InChI is InChI=1S/C20H13F4NO2/c1-11-5-6-17(25-10-11)12-7-13(9-14(8-12)19(26)27)18-15(20(22,23)24)3-2-4-16(18)21/h2-10H,1H3,(H,26,27). The Hall–Kier alpha value is -3.22. The molecule has 3 nitrogen and oxygen atoms in total. The number of pyridine rings is 1. The molecule has 1 aromatic heterocycles. The second-order valence-corrected chi connectivity index (χ2v) is 5.99. The van der Waals surface area contributed by atoms with Gasteiger partial charge in [0.15, 0.2) is 0 Å². The highest BCUT2D eigenvalue weighted by Crippen LogP contribution is 2.39. The van der Waals surface area contributed by atoms with Gasteiger partial charge in [0, 0.05) is 17.3 Å². The van der Waals surface area contributed by atoms with E-state index in [4.69, 9.17) is 0 Å². The molecule has 0 saturated heterocycles. The lowest BCUT2D eigenvalue weighted by atomic mass is 9.94. The molecule has 0 amide bonds. The van der Waals surface area contributed by atoms with Crippen LogP contribution in [0.2, 0.25) is 0 Å². The summed E-state index contributed by atoms with van der Waals surface area (Å²) < 4.78 is 54.4. The molecule has 0 unspecified atom stereocenters. The molecular formula is C20H13F4NO2. The van der Waals surface area contributed by atoms with Crippen molar-refractivity contribution in [1.82, 2.24) is 4.98 Å². The molecule has 3 rings (SSSR count). The van der Waals surface area contributed by atoms with Gasteiger partial charge in [0.05, 0.1) is 16.8 Å². The van der Waals surface area contributed by atoms with Crippen molar-refractivity contribution in [3.05, 3.63) is 77.2 Å². The summed E-state index contributed by atoms with van der Waals surface area (Å²) in [6.45, 7) is 1.81. The van der Waals surface area contributed by atoms with Crippen LogP contribution >= 0.6 is 0 Å². The lowest BCUT2D eigenvalue weighted by Crippen LogP contribution is -2.09. The van der Waals surface area contributed by atoms with Gasteiger partial charge >= 0.3 is 12.1 Å². The van der Waals surface area contributed by atoms with Gasteiger partial charge in [-0.05, 0) is 54.4 Å². The van der Waals surface area contributed by atoms with Crippen LogP contribution in [-0.4, -0.2) is 16.1 Å². The van der Waals surface area contributed by atoms with Crippen LogP contribution in [0.5, 0.6) is 0 Å². The number of nitrogens with zero attached hydrogens (tertiary/aromatic N) is 1. The SMILES string of the molecule is Cc1ccc(-c2cc(C(=O)O)cc(-c3c(F)cccc3C(F)(F)F)c2)nc1. The lowest BCUT2D eigenvalue weighted by molar-refractivity contribution is -0.137. The van der Waals surface area contributed by atoms with E-state index in [1.54, 1.807) is 18.3 Å². The number of alkyl halides is 3. The van der Waals surface area contributed by atoms with Gasteiger partial charge in [0.25, 0.3) is 0 Å². The Morgan fingerprint density at radius 1 is 1.04 bits per heavy atom. The number of aromatic carboxylic acids is 1. The molecular weight excluding hydrogens is 362 g/mol. The maximum absolute atomic E-state index is 14.3. The molecule has 0 saturated carbocycles. The summed E-state index contributed by atoms with van der Waals surface area (Å²) in [5.41, 5.74) is -0.800. The van der Waals surface area contributed by atoms with Crippen molar-refractivity contribution >= 4 is 5.97 Å². The second kappa shape index (κ2) is 6.83. The van der Waals surface area contributed by atoms with Crippen molar-refractivity contribution in [1.29, 1.82) is 0 Å². The van der Waals surface area contributed by atoms with Crippen LogP contribution in [0.15, 0.2) is 54.7 Å². The Labute approximate surface area is 151 Å². The molecule has 0 radical (unpaired) electrons. The Kier molecular flexibility index (Phi) is 4.70. The highest BCUT2D eigenvalue weighted by atomic mass is 19.4. The molecule has 0 aliphatic rings. The molecule has 1 heterocycles.